The van der Waals surface area contributed by atoms with Crippen LogP contribution in [-0.2, 0) is 0 Å². The molecular formula is C25H22N4O3. The van der Waals surface area contributed by atoms with Crippen molar-refractivity contribution in [2.45, 2.75) is 12.8 Å². The van der Waals surface area contributed by atoms with Gasteiger partial charge >= 0.3 is 0 Å². The summed E-state index contributed by atoms with van der Waals surface area (Å²) < 4.78 is 5.50. The van der Waals surface area contributed by atoms with Crippen molar-refractivity contribution >= 4 is 34.1 Å². The van der Waals surface area contributed by atoms with Crippen LogP contribution in [0.5, 0.6) is 0 Å². The van der Waals surface area contributed by atoms with Crippen LogP contribution in [-0.4, -0.2) is 29.9 Å². The topological polar surface area (TPSA) is 101 Å². The third-order valence-corrected chi connectivity index (χ3v) is 5.71. The van der Waals surface area contributed by atoms with Crippen molar-refractivity contribution in [3.05, 3.63) is 78.1 Å². The fourth-order valence-electron chi connectivity index (χ4n) is 4.13. The molecule has 0 aliphatic carbocycles. The number of primary amides is 1. The molecule has 0 unspecified atom stereocenters. The lowest BCUT2D eigenvalue weighted by Gasteiger charge is -2.22. The van der Waals surface area contributed by atoms with E-state index >= 15 is 0 Å². The summed E-state index contributed by atoms with van der Waals surface area (Å²) in [7, 11) is 0. The van der Waals surface area contributed by atoms with E-state index in [0.717, 1.165) is 37.0 Å². The Kier molecular flexibility index (Phi) is 5.07. The number of pyridine rings is 1. The summed E-state index contributed by atoms with van der Waals surface area (Å²) in [6, 6.07) is 18.0. The van der Waals surface area contributed by atoms with Crippen LogP contribution in [0.4, 0.5) is 11.4 Å². The number of para-hydroxylation sites is 1. The first-order valence-electron chi connectivity index (χ1n) is 10.5. The van der Waals surface area contributed by atoms with E-state index < -0.39 is 5.91 Å². The number of amides is 2. The van der Waals surface area contributed by atoms with Gasteiger partial charge in [-0.05, 0) is 55.3 Å². The molecule has 2 amide bonds. The molecule has 1 aliphatic heterocycles. The molecule has 0 saturated carbocycles. The average Bonchev–Trinajstić information content (AvgIpc) is 3.53. The van der Waals surface area contributed by atoms with Crippen LogP contribution >= 0.6 is 0 Å². The summed E-state index contributed by atoms with van der Waals surface area (Å²) in [5, 5.41) is 3.75. The summed E-state index contributed by atoms with van der Waals surface area (Å²) in [4.78, 5) is 32.1. The molecule has 0 radical (unpaired) electrons. The van der Waals surface area contributed by atoms with E-state index in [0.29, 0.717) is 33.8 Å². The molecule has 0 bridgehead atoms. The van der Waals surface area contributed by atoms with Crippen molar-refractivity contribution < 1.29 is 14.0 Å². The largest absolute Gasteiger partial charge is 0.463 e. The molecule has 1 saturated heterocycles. The molecule has 7 nitrogen and oxygen atoms in total. The Morgan fingerprint density at radius 1 is 1.00 bits per heavy atom. The van der Waals surface area contributed by atoms with Crippen LogP contribution in [0.1, 0.15) is 33.6 Å². The molecule has 7 heteroatoms. The van der Waals surface area contributed by atoms with Gasteiger partial charge in [-0.2, -0.15) is 0 Å². The van der Waals surface area contributed by atoms with Crippen molar-refractivity contribution in [2.24, 2.45) is 5.73 Å². The Balaban J connectivity index is 1.58. The Morgan fingerprint density at radius 3 is 2.56 bits per heavy atom. The molecule has 4 aromatic rings. The maximum atomic E-state index is 13.5. The van der Waals surface area contributed by atoms with Gasteiger partial charge in [0.2, 0.25) is 5.91 Å². The third-order valence-electron chi connectivity index (χ3n) is 5.71. The highest BCUT2D eigenvalue weighted by Gasteiger charge is 2.21. The van der Waals surface area contributed by atoms with Gasteiger partial charge in [0.05, 0.1) is 28.7 Å². The first kappa shape index (κ1) is 19.8. The van der Waals surface area contributed by atoms with Gasteiger partial charge in [0.25, 0.3) is 5.91 Å². The smallest absolute Gasteiger partial charge is 0.256 e. The van der Waals surface area contributed by atoms with Gasteiger partial charge in [0, 0.05) is 24.0 Å². The fourth-order valence-corrected chi connectivity index (χ4v) is 4.13. The van der Waals surface area contributed by atoms with Crippen molar-refractivity contribution in [3.8, 4) is 11.5 Å². The first-order chi connectivity index (χ1) is 15.6. The molecule has 0 spiro atoms. The molecule has 5 rings (SSSR count). The number of hydrogen-bond donors (Lipinski definition) is 2. The predicted octanol–water partition coefficient (Wildman–Crippen LogP) is 4.45. The zero-order valence-electron chi connectivity index (χ0n) is 17.4. The second-order valence-electron chi connectivity index (χ2n) is 7.79. The second kappa shape index (κ2) is 8.19. The normalized spacial score (nSPS) is 13.4. The number of hydrogen-bond acceptors (Lipinski definition) is 5. The van der Waals surface area contributed by atoms with Crippen molar-refractivity contribution in [3.63, 3.8) is 0 Å². The van der Waals surface area contributed by atoms with E-state index in [1.165, 1.54) is 0 Å². The molecule has 3 heterocycles. The number of furan rings is 1. The van der Waals surface area contributed by atoms with E-state index in [9.17, 15) is 9.59 Å². The molecule has 0 atom stereocenters. The number of rotatable bonds is 5. The van der Waals surface area contributed by atoms with Gasteiger partial charge in [-0.15, -0.1) is 0 Å². The van der Waals surface area contributed by atoms with Gasteiger partial charge in [-0.25, -0.2) is 4.98 Å². The van der Waals surface area contributed by atoms with E-state index in [1.54, 1.807) is 36.6 Å². The molecule has 1 fully saturated rings. The third kappa shape index (κ3) is 3.69. The average molecular weight is 426 g/mol. The molecular weight excluding hydrogens is 404 g/mol. The van der Waals surface area contributed by atoms with Crippen LogP contribution in [0.3, 0.4) is 0 Å². The molecule has 160 valence electrons. The Hall–Kier alpha value is -4.13. The number of anilines is 2. The lowest BCUT2D eigenvalue weighted by Crippen LogP contribution is -2.22. The Bertz CT molecular complexity index is 1310. The van der Waals surface area contributed by atoms with Gasteiger partial charge in [-0.1, -0.05) is 18.2 Å². The molecule has 32 heavy (non-hydrogen) atoms. The molecule has 1 aliphatic rings. The number of fused-ring (bicyclic) bond motifs is 1. The number of aromatic nitrogens is 1. The SMILES string of the molecule is NC(=O)c1ccc(N2CCCC2)c(NC(=O)c2cc(-c3ccco3)nc3ccccc23)c1. The summed E-state index contributed by atoms with van der Waals surface area (Å²) in [5.74, 6) is -0.250. The molecule has 2 aromatic carbocycles. The number of carbonyl (C=O) groups excluding carboxylic acids is 2. The van der Waals surface area contributed by atoms with E-state index in [2.05, 4.69) is 15.2 Å². The maximum Gasteiger partial charge on any atom is 0.256 e. The minimum Gasteiger partial charge on any atom is -0.463 e. The second-order valence-corrected chi connectivity index (χ2v) is 7.79. The lowest BCUT2D eigenvalue weighted by molar-refractivity contribution is 0.0996. The minimum absolute atomic E-state index is 0.293. The number of carbonyl (C=O) groups is 2. The highest BCUT2D eigenvalue weighted by Crippen LogP contribution is 2.32. The summed E-state index contributed by atoms with van der Waals surface area (Å²) in [6.45, 7) is 1.80. The van der Waals surface area contributed by atoms with E-state index in [1.807, 2.05) is 30.3 Å². The van der Waals surface area contributed by atoms with Crippen LogP contribution in [0.15, 0.2) is 71.3 Å². The summed E-state index contributed by atoms with van der Waals surface area (Å²) in [5.41, 5.74) is 9.02. The van der Waals surface area contributed by atoms with Gasteiger partial charge in [-0.3, -0.25) is 9.59 Å². The van der Waals surface area contributed by atoms with Gasteiger partial charge in [0.1, 0.15) is 5.69 Å². The minimum atomic E-state index is -0.539. The first-order valence-corrected chi connectivity index (χ1v) is 10.5. The zero-order chi connectivity index (χ0) is 22.1. The maximum absolute atomic E-state index is 13.5. The van der Waals surface area contributed by atoms with Crippen molar-refractivity contribution in [1.82, 2.24) is 4.98 Å². The van der Waals surface area contributed by atoms with Crippen LogP contribution in [0, 0.1) is 0 Å². The molecule has 2 aromatic heterocycles. The number of benzene rings is 2. The van der Waals surface area contributed by atoms with E-state index in [-0.39, 0.29) is 5.91 Å². The Morgan fingerprint density at radius 2 is 1.81 bits per heavy atom. The summed E-state index contributed by atoms with van der Waals surface area (Å²) in [6.07, 6.45) is 3.75. The van der Waals surface area contributed by atoms with Crippen LogP contribution < -0.4 is 16.0 Å². The highest BCUT2D eigenvalue weighted by atomic mass is 16.3. The van der Waals surface area contributed by atoms with Crippen molar-refractivity contribution in [2.75, 3.05) is 23.3 Å². The number of nitrogens with one attached hydrogen (secondary N) is 1. The summed E-state index contributed by atoms with van der Waals surface area (Å²) >= 11 is 0. The van der Waals surface area contributed by atoms with Gasteiger partial charge < -0.3 is 20.4 Å². The predicted molar refractivity (Wildman–Crippen MR) is 124 cm³/mol. The highest BCUT2D eigenvalue weighted by molar-refractivity contribution is 6.14. The van der Waals surface area contributed by atoms with Crippen LogP contribution in [0.2, 0.25) is 0 Å². The van der Waals surface area contributed by atoms with Crippen molar-refractivity contribution in [1.29, 1.82) is 0 Å². The lowest BCUT2D eigenvalue weighted by atomic mass is 10.1. The number of nitrogens with two attached hydrogens (primary N) is 1. The van der Waals surface area contributed by atoms with E-state index in [4.69, 9.17) is 10.2 Å². The zero-order valence-corrected chi connectivity index (χ0v) is 17.4. The fraction of sp³-hybridized carbons (Fsp3) is 0.160. The standard InChI is InChI=1S/C25H22N4O3/c26-24(30)16-9-10-22(29-11-3-4-12-29)20(14-16)28-25(31)18-15-21(23-8-5-13-32-23)27-19-7-2-1-6-17(18)19/h1-2,5-10,13-15H,3-4,11-12H2,(H2,26,30)(H,28,31). The molecule has 3 N–H and O–H groups in total. The number of nitrogens with zero attached hydrogens (tertiary/aromatic N) is 2. The van der Waals surface area contributed by atoms with Gasteiger partial charge in [0.15, 0.2) is 5.76 Å². The Labute approximate surface area is 184 Å². The van der Waals surface area contributed by atoms with Crippen LogP contribution in [0.25, 0.3) is 22.4 Å². The monoisotopic (exact) mass is 426 g/mol. The quantitative estimate of drug-likeness (QED) is 0.491.